The molecule has 1 aliphatic carbocycles. The van der Waals surface area contributed by atoms with Gasteiger partial charge in [-0.25, -0.2) is 0 Å². The van der Waals surface area contributed by atoms with Gasteiger partial charge in [0.15, 0.2) is 0 Å². The third-order valence-corrected chi connectivity index (χ3v) is 2.22. The smallest absolute Gasteiger partial charge is 0.140 e. The zero-order valence-electron chi connectivity index (χ0n) is 7.38. The number of ketones is 2. The van der Waals surface area contributed by atoms with E-state index < -0.39 is 0 Å². The Kier molecular flexibility index (Phi) is 2.79. The van der Waals surface area contributed by atoms with Gasteiger partial charge in [-0.1, -0.05) is 6.08 Å². The minimum atomic E-state index is -0.0317. The largest absolute Gasteiger partial charge is 0.300 e. The number of allylic oxidation sites excluding steroid dienone is 1. The van der Waals surface area contributed by atoms with E-state index in [1.807, 2.05) is 6.08 Å². The van der Waals surface area contributed by atoms with Crippen LogP contribution in [-0.2, 0) is 9.59 Å². The summed E-state index contributed by atoms with van der Waals surface area (Å²) in [6.45, 7) is 5.12. The number of hydrogen-bond acceptors (Lipinski definition) is 2. The van der Waals surface area contributed by atoms with Gasteiger partial charge < -0.3 is 0 Å². The summed E-state index contributed by atoms with van der Waals surface area (Å²) in [5.74, 6) is 1.06. The molecule has 0 spiro atoms. The van der Waals surface area contributed by atoms with E-state index in [1.165, 1.54) is 6.92 Å². The Morgan fingerprint density at radius 1 is 1.58 bits per heavy atom. The first kappa shape index (κ1) is 9.17. The molecule has 0 aromatic heterocycles. The zero-order valence-corrected chi connectivity index (χ0v) is 7.38. The van der Waals surface area contributed by atoms with Crippen LogP contribution in [0.1, 0.15) is 26.2 Å². The second-order valence-electron chi connectivity index (χ2n) is 3.52. The van der Waals surface area contributed by atoms with Crippen molar-refractivity contribution in [3.63, 3.8) is 0 Å². The molecule has 66 valence electrons. The summed E-state index contributed by atoms with van der Waals surface area (Å²) in [5, 5.41) is 0. The van der Waals surface area contributed by atoms with Gasteiger partial charge in [0.05, 0.1) is 6.42 Å². The van der Waals surface area contributed by atoms with Gasteiger partial charge in [0, 0.05) is 6.42 Å². The number of carbonyl (C=O) groups is 2. The van der Waals surface area contributed by atoms with E-state index in [0.29, 0.717) is 18.3 Å². The minimum Gasteiger partial charge on any atom is -0.300 e. The predicted octanol–water partition coefficient (Wildman–Crippen LogP) is 1.75. The van der Waals surface area contributed by atoms with Crippen molar-refractivity contribution in [3.05, 3.63) is 12.7 Å². The fourth-order valence-corrected chi connectivity index (χ4v) is 1.44. The van der Waals surface area contributed by atoms with Gasteiger partial charge in [-0.3, -0.25) is 9.59 Å². The molecule has 2 heteroatoms. The number of Topliss-reactive ketones (excluding diaryl/α,β-unsaturated/α-hetero) is 2. The van der Waals surface area contributed by atoms with Gasteiger partial charge in [0.1, 0.15) is 11.6 Å². The third-order valence-electron chi connectivity index (χ3n) is 2.22. The Labute approximate surface area is 72.7 Å². The van der Waals surface area contributed by atoms with Crippen molar-refractivity contribution in [1.82, 2.24) is 0 Å². The fraction of sp³-hybridized carbons (Fsp3) is 0.600. The molecular formula is C10H14O2. The topological polar surface area (TPSA) is 34.1 Å². The summed E-state index contributed by atoms with van der Waals surface area (Å²) >= 11 is 0. The van der Waals surface area contributed by atoms with E-state index >= 15 is 0 Å². The van der Waals surface area contributed by atoms with Crippen LogP contribution in [0.4, 0.5) is 0 Å². The second kappa shape index (κ2) is 3.65. The molecule has 0 aromatic rings. The van der Waals surface area contributed by atoms with E-state index in [4.69, 9.17) is 0 Å². The third kappa shape index (κ3) is 2.61. The number of hydrogen-bond donors (Lipinski definition) is 0. The Morgan fingerprint density at radius 2 is 2.25 bits per heavy atom. The van der Waals surface area contributed by atoms with Crippen LogP contribution in [-0.4, -0.2) is 11.6 Å². The van der Waals surface area contributed by atoms with E-state index in [0.717, 1.165) is 6.42 Å². The lowest BCUT2D eigenvalue weighted by atomic mass is 10.1. The van der Waals surface area contributed by atoms with Crippen molar-refractivity contribution in [2.24, 2.45) is 11.8 Å². The van der Waals surface area contributed by atoms with E-state index in [2.05, 4.69) is 6.58 Å². The molecular weight excluding hydrogens is 152 g/mol. The first-order valence-corrected chi connectivity index (χ1v) is 4.27. The number of rotatable bonds is 5. The second-order valence-corrected chi connectivity index (χ2v) is 3.52. The quantitative estimate of drug-likeness (QED) is 0.460. The first-order chi connectivity index (χ1) is 5.63. The molecule has 0 radical (unpaired) electrons. The molecule has 2 atom stereocenters. The lowest BCUT2D eigenvalue weighted by Gasteiger charge is -1.94. The van der Waals surface area contributed by atoms with Crippen LogP contribution in [0.15, 0.2) is 12.7 Å². The first-order valence-electron chi connectivity index (χ1n) is 4.27. The van der Waals surface area contributed by atoms with E-state index in [-0.39, 0.29) is 18.0 Å². The van der Waals surface area contributed by atoms with Gasteiger partial charge in [0.25, 0.3) is 0 Å². The summed E-state index contributed by atoms with van der Waals surface area (Å²) in [7, 11) is 0. The van der Waals surface area contributed by atoms with Crippen LogP contribution < -0.4 is 0 Å². The maximum Gasteiger partial charge on any atom is 0.140 e. The molecule has 1 saturated carbocycles. The molecule has 0 heterocycles. The molecule has 0 bridgehead atoms. The fourth-order valence-electron chi connectivity index (χ4n) is 1.44. The molecule has 1 rings (SSSR count). The van der Waals surface area contributed by atoms with Crippen LogP contribution in [0, 0.1) is 11.8 Å². The Balaban J connectivity index is 2.20. The molecule has 12 heavy (non-hydrogen) atoms. The summed E-state index contributed by atoms with van der Waals surface area (Å²) in [6.07, 6.45) is 3.65. The average molecular weight is 166 g/mol. The van der Waals surface area contributed by atoms with Crippen molar-refractivity contribution in [2.45, 2.75) is 26.2 Å². The SMILES string of the molecule is C=CC1CC1CC(=O)CC(C)=O. The highest BCUT2D eigenvalue weighted by atomic mass is 16.1. The highest BCUT2D eigenvalue weighted by Crippen LogP contribution is 2.42. The van der Waals surface area contributed by atoms with Crippen molar-refractivity contribution < 1.29 is 9.59 Å². The highest BCUT2D eigenvalue weighted by molar-refractivity contribution is 5.98. The summed E-state index contributed by atoms with van der Waals surface area (Å²) in [5.41, 5.74) is 0. The van der Waals surface area contributed by atoms with Crippen LogP contribution in [0.25, 0.3) is 0 Å². The van der Waals surface area contributed by atoms with Crippen LogP contribution in [0.2, 0.25) is 0 Å². The predicted molar refractivity (Wildman–Crippen MR) is 46.7 cm³/mol. The Morgan fingerprint density at radius 3 is 2.67 bits per heavy atom. The van der Waals surface area contributed by atoms with E-state index in [9.17, 15) is 9.59 Å². The molecule has 0 aromatic carbocycles. The average Bonchev–Trinajstić information content (AvgIpc) is 2.65. The molecule has 1 fully saturated rings. The van der Waals surface area contributed by atoms with Crippen molar-refractivity contribution >= 4 is 11.6 Å². The maximum atomic E-state index is 11.1. The lowest BCUT2D eigenvalue weighted by Crippen LogP contribution is -2.05. The molecule has 0 saturated heterocycles. The highest BCUT2D eigenvalue weighted by Gasteiger charge is 2.35. The van der Waals surface area contributed by atoms with Crippen molar-refractivity contribution in [2.75, 3.05) is 0 Å². The van der Waals surface area contributed by atoms with Crippen molar-refractivity contribution in [3.8, 4) is 0 Å². The summed E-state index contributed by atoms with van der Waals surface area (Å²) in [4.78, 5) is 21.7. The summed E-state index contributed by atoms with van der Waals surface area (Å²) < 4.78 is 0. The Bertz CT molecular complexity index is 218. The van der Waals surface area contributed by atoms with Crippen molar-refractivity contribution in [1.29, 1.82) is 0 Å². The molecule has 2 nitrogen and oxygen atoms in total. The van der Waals surface area contributed by atoms with E-state index in [1.54, 1.807) is 0 Å². The van der Waals surface area contributed by atoms with Crippen LogP contribution in [0.3, 0.4) is 0 Å². The normalized spacial score (nSPS) is 26.4. The van der Waals surface area contributed by atoms with Gasteiger partial charge in [-0.05, 0) is 25.2 Å². The van der Waals surface area contributed by atoms with Gasteiger partial charge in [-0.15, -0.1) is 6.58 Å². The van der Waals surface area contributed by atoms with Gasteiger partial charge >= 0.3 is 0 Å². The van der Waals surface area contributed by atoms with Gasteiger partial charge in [-0.2, -0.15) is 0 Å². The maximum absolute atomic E-state index is 11.1. The summed E-state index contributed by atoms with van der Waals surface area (Å²) in [6, 6.07) is 0. The molecule has 0 amide bonds. The Hall–Kier alpha value is -0.920. The lowest BCUT2D eigenvalue weighted by molar-refractivity contribution is -0.126. The molecule has 0 N–H and O–H groups in total. The monoisotopic (exact) mass is 166 g/mol. The van der Waals surface area contributed by atoms with Crippen LogP contribution in [0.5, 0.6) is 0 Å². The molecule has 2 unspecified atom stereocenters. The van der Waals surface area contributed by atoms with Gasteiger partial charge in [0.2, 0.25) is 0 Å². The number of carbonyl (C=O) groups excluding carboxylic acids is 2. The minimum absolute atomic E-state index is 0.0317. The zero-order chi connectivity index (χ0) is 9.14. The van der Waals surface area contributed by atoms with Crippen LogP contribution >= 0.6 is 0 Å². The molecule has 1 aliphatic rings. The standard InChI is InChI=1S/C10H14O2/c1-3-8-5-9(8)6-10(12)4-7(2)11/h3,8-9H,1,4-6H2,2H3. The molecule has 0 aliphatic heterocycles.